The molecule has 3 rings (SSSR count). The lowest BCUT2D eigenvalue weighted by Gasteiger charge is -2.49. The Labute approximate surface area is 168 Å². The fraction of sp³-hybridized carbons (Fsp3) is 0.450. The molecule has 1 aromatic rings. The van der Waals surface area contributed by atoms with Gasteiger partial charge in [0.05, 0.1) is 13.0 Å². The molecule has 2 unspecified atom stereocenters. The maximum Gasteiger partial charge on any atom is 0.355 e. The van der Waals surface area contributed by atoms with E-state index in [9.17, 15) is 19.5 Å². The van der Waals surface area contributed by atoms with Gasteiger partial charge in [-0.1, -0.05) is 30.3 Å². The number of ether oxygens (including phenoxy) is 1. The lowest BCUT2D eigenvalue weighted by Crippen LogP contribution is -2.70. The van der Waals surface area contributed by atoms with Crippen molar-refractivity contribution in [2.24, 2.45) is 0 Å². The van der Waals surface area contributed by atoms with Crippen molar-refractivity contribution < 1.29 is 24.2 Å². The first-order chi connectivity index (χ1) is 13.2. The summed E-state index contributed by atoms with van der Waals surface area (Å²) in [5.41, 5.74) is 0.691. The van der Waals surface area contributed by atoms with Gasteiger partial charge in [0, 0.05) is 5.75 Å². The van der Waals surface area contributed by atoms with Crippen LogP contribution in [0.25, 0.3) is 0 Å². The number of benzene rings is 1. The topological polar surface area (TPSA) is 95.9 Å². The highest BCUT2D eigenvalue weighted by molar-refractivity contribution is 8.00. The van der Waals surface area contributed by atoms with E-state index in [0.29, 0.717) is 11.3 Å². The van der Waals surface area contributed by atoms with Gasteiger partial charge in [0.25, 0.3) is 5.91 Å². The van der Waals surface area contributed by atoms with E-state index in [1.165, 1.54) is 16.7 Å². The van der Waals surface area contributed by atoms with Gasteiger partial charge in [-0.2, -0.15) is 0 Å². The van der Waals surface area contributed by atoms with Crippen LogP contribution in [0.1, 0.15) is 26.3 Å². The summed E-state index contributed by atoms with van der Waals surface area (Å²) in [6, 6.07) is 8.57. The summed E-state index contributed by atoms with van der Waals surface area (Å²) in [7, 11) is 0. The number of fused-ring (bicyclic) bond motifs is 1. The first-order valence-corrected chi connectivity index (χ1v) is 10.1. The van der Waals surface area contributed by atoms with Crippen LogP contribution in [0.5, 0.6) is 0 Å². The zero-order valence-corrected chi connectivity index (χ0v) is 16.9. The average Bonchev–Trinajstić information content (AvgIpc) is 2.64. The summed E-state index contributed by atoms with van der Waals surface area (Å²) >= 11 is 1.41. The molecule has 8 heteroatoms. The second kappa shape index (κ2) is 7.97. The third-order valence-electron chi connectivity index (χ3n) is 4.35. The predicted octanol–water partition coefficient (Wildman–Crippen LogP) is 1.22. The number of carbonyl (C=O) groups is 3. The first kappa shape index (κ1) is 20.4. The Morgan fingerprint density at radius 1 is 1.29 bits per heavy atom. The summed E-state index contributed by atoms with van der Waals surface area (Å²) in [6.07, 6.45) is 0.179. The van der Waals surface area contributed by atoms with Gasteiger partial charge in [-0.3, -0.25) is 14.5 Å². The highest BCUT2D eigenvalue weighted by atomic mass is 32.2. The van der Waals surface area contributed by atoms with Crippen molar-refractivity contribution in [1.29, 1.82) is 0 Å². The highest BCUT2D eigenvalue weighted by Gasteiger charge is 2.54. The molecule has 1 aromatic carbocycles. The quantitative estimate of drug-likeness (QED) is 0.566. The number of aliphatic hydroxyl groups is 1. The zero-order chi connectivity index (χ0) is 20.5. The SMILES string of the molecule is CC(C)(C)OC(=O)C1=C(CO)CSC2C(NC(=O)Cc3ccccc3)C(=O)N12. The standard InChI is InChI=1S/C20H24N2O5S/c1-20(2,3)27-19(26)16-13(10-23)11-28-18-15(17(25)22(16)18)21-14(24)9-12-7-5-4-6-8-12/h4-8,15,18,23H,9-11H2,1-3H3,(H,21,24). The van der Waals surface area contributed by atoms with Crippen molar-refractivity contribution >= 4 is 29.5 Å². The molecule has 1 fully saturated rings. The highest BCUT2D eigenvalue weighted by Crippen LogP contribution is 2.40. The lowest BCUT2D eigenvalue weighted by molar-refractivity contribution is -0.159. The van der Waals surface area contributed by atoms with E-state index in [0.717, 1.165) is 5.56 Å². The third-order valence-corrected chi connectivity index (χ3v) is 5.69. The maximum absolute atomic E-state index is 12.7. The maximum atomic E-state index is 12.7. The molecular weight excluding hydrogens is 380 g/mol. The van der Waals surface area contributed by atoms with Crippen LogP contribution in [0, 0.1) is 0 Å². The van der Waals surface area contributed by atoms with Crippen LogP contribution < -0.4 is 5.32 Å². The molecule has 2 amide bonds. The third kappa shape index (κ3) is 4.23. The molecule has 2 aliphatic heterocycles. The van der Waals surface area contributed by atoms with Gasteiger partial charge < -0.3 is 15.2 Å². The molecule has 0 spiro atoms. The molecule has 2 N–H and O–H groups in total. The summed E-state index contributed by atoms with van der Waals surface area (Å²) in [5, 5.41) is 12.0. The fourth-order valence-electron chi connectivity index (χ4n) is 3.13. The van der Waals surface area contributed by atoms with E-state index in [2.05, 4.69) is 5.32 Å². The molecule has 28 heavy (non-hydrogen) atoms. The van der Waals surface area contributed by atoms with Crippen LogP contribution in [0.4, 0.5) is 0 Å². The van der Waals surface area contributed by atoms with Gasteiger partial charge in [0.2, 0.25) is 5.91 Å². The second-order valence-electron chi connectivity index (χ2n) is 7.73. The number of esters is 1. The van der Waals surface area contributed by atoms with Crippen molar-refractivity contribution in [3.63, 3.8) is 0 Å². The minimum Gasteiger partial charge on any atom is -0.455 e. The van der Waals surface area contributed by atoms with Crippen molar-refractivity contribution in [3.05, 3.63) is 47.2 Å². The molecule has 0 bridgehead atoms. The molecule has 2 aliphatic rings. The van der Waals surface area contributed by atoms with Crippen LogP contribution in [0.15, 0.2) is 41.6 Å². The van der Waals surface area contributed by atoms with Crippen molar-refractivity contribution in [3.8, 4) is 0 Å². The largest absolute Gasteiger partial charge is 0.455 e. The van der Waals surface area contributed by atoms with Gasteiger partial charge in [0.1, 0.15) is 22.7 Å². The second-order valence-corrected chi connectivity index (χ2v) is 8.83. The number of amides is 2. The van der Waals surface area contributed by atoms with Crippen molar-refractivity contribution in [2.75, 3.05) is 12.4 Å². The number of hydrogen-bond acceptors (Lipinski definition) is 6. The number of aliphatic hydroxyl groups excluding tert-OH is 1. The Morgan fingerprint density at radius 3 is 2.57 bits per heavy atom. The summed E-state index contributed by atoms with van der Waals surface area (Å²) < 4.78 is 5.41. The smallest absolute Gasteiger partial charge is 0.355 e. The molecule has 0 aromatic heterocycles. The zero-order valence-electron chi connectivity index (χ0n) is 16.1. The van der Waals surface area contributed by atoms with E-state index < -0.39 is 17.6 Å². The predicted molar refractivity (Wildman–Crippen MR) is 105 cm³/mol. The molecular formula is C20H24N2O5S. The Balaban J connectivity index is 1.71. The molecule has 7 nitrogen and oxygen atoms in total. The average molecular weight is 404 g/mol. The van der Waals surface area contributed by atoms with Gasteiger partial charge >= 0.3 is 5.97 Å². The number of nitrogens with zero attached hydrogens (tertiary/aromatic N) is 1. The molecule has 1 saturated heterocycles. The number of hydrogen-bond donors (Lipinski definition) is 2. The van der Waals surface area contributed by atoms with Crippen LogP contribution in [0.3, 0.4) is 0 Å². The van der Waals surface area contributed by atoms with Crippen LogP contribution >= 0.6 is 11.8 Å². The monoisotopic (exact) mass is 404 g/mol. The molecule has 2 heterocycles. The van der Waals surface area contributed by atoms with E-state index in [-0.39, 0.29) is 35.9 Å². The van der Waals surface area contributed by atoms with E-state index >= 15 is 0 Å². The summed E-state index contributed by atoms with van der Waals surface area (Å²) in [5.74, 6) is -0.861. The minimum absolute atomic E-state index is 0.0970. The van der Waals surface area contributed by atoms with E-state index in [1.54, 1.807) is 20.8 Å². The lowest BCUT2D eigenvalue weighted by atomic mass is 10.0. The van der Waals surface area contributed by atoms with E-state index in [1.807, 2.05) is 30.3 Å². The molecule has 0 aliphatic carbocycles. The Hall–Kier alpha value is -2.32. The normalized spacial score (nSPS) is 21.7. The van der Waals surface area contributed by atoms with Gasteiger partial charge in [-0.05, 0) is 31.9 Å². The number of thioether (sulfide) groups is 1. The molecule has 0 saturated carbocycles. The minimum atomic E-state index is -0.720. The summed E-state index contributed by atoms with van der Waals surface area (Å²) in [6.45, 7) is 4.89. The molecule has 2 atom stereocenters. The Bertz CT molecular complexity index is 816. The van der Waals surface area contributed by atoms with Gasteiger partial charge in [-0.15, -0.1) is 11.8 Å². The molecule has 150 valence electrons. The van der Waals surface area contributed by atoms with E-state index in [4.69, 9.17) is 4.74 Å². The fourth-order valence-corrected chi connectivity index (χ4v) is 4.46. The first-order valence-electron chi connectivity index (χ1n) is 9.05. The van der Waals surface area contributed by atoms with Crippen LogP contribution in [-0.2, 0) is 25.5 Å². The number of carbonyl (C=O) groups excluding carboxylic acids is 3. The Morgan fingerprint density at radius 2 is 1.96 bits per heavy atom. The van der Waals surface area contributed by atoms with Crippen LogP contribution in [0.2, 0.25) is 0 Å². The summed E-state index contributed by atoms with van der Waals surface area (Å²) in [4.78, 5) is 39.0. The Kier molecular flexibility index (Phi) is 5.81. The van der Waals surface area contributed by atoms with Crippen LogP contribution in [-0.4, -0.2) is 57.2 Å². The number of rotatable bonds is 5. The van der Waals surface area contributed by atoms with Crippen molar-refractivity contribution in [2.45, 2.75) is 44.2 Å². The van der Waals surface area contributed by atoms with Gasteiger partial charge in [-0.25, -0.2) is 4.79 Å². The number of nitrogens with one attached hydrogen (secondary N) is 1. The number of β-lactam (4-membered cyclic amide) rings is 1. The van der Waals surface area contributed by atoms with Crippen molar-refractivity contribution in [1.82, 2.24) is 10.2 Å². The molecule has 0 radical (unpaired) electrons. The van der Waals surface area contributed by atoms with Gasteiger partial charge in [0.15, 0.2) is 0 Å².